The number of nitrogens with zero attached hydrogens (tertiary/aromatic N) is 2. The Balaban J connectivity index is 1.73. The lowest BCUT2D eigenvalue weighted by Gasteiger charge is -2.36. The Bertz CT molecular complexity index is 701. The summed E-state index contributed by atoms with van der Waals surface area (Å²) in [4.78, 5) is 29.1. The fraction of sp³-hybridized carbons (Fsp3) is 0.600. The molecule has 0 bridgehead atoms. The van der Waals surface area contributed by atoms with E-state index in [1.807, 2.05) is 13.0 Å². The Labute approximate surface area is 160 Å². The largest absolute Gasteiger partial charge is 0.496 e. The molecule has 3 rings (SSSR count). The van der Waals surface area contributed by atoms with Gasteiger partial charge in [-0.1, -0.05) is 6.07 Å². The standard InChI is InChI=1S/C20H29N3O4/c1-14-15(2)18(26-3)5-4-16(14)13-23-7-6-21-20(25)17(23)12-19(24)22-8-10-27-11-9-22/h4-5,17H,6-13H2,1-3H3,(H,21,25). The molecule has 0 aliphatic carbocycles. The van der Waals surface area contributed by atoms with Gasteiger partial charge in [-0.05, 0) is 36.6 Å². The number of hydrogen-bond acceptors (Lipinski definition) is 5. The number of amides is 2. The highest BCUT2D eigenvalue weighted by molar-refractivity contribution is 5.88. The smallest absolute Gasteiger partial charge is 0.237 e. The Morgan fingerprint density at radius 2 is 1.96 bits per heavy atom. The van der Waals surface area contributed by atoms with Crippen LogP contribution < -0.4 is 10.1 Å². The molecule has 0 saturated carbocycles. The van der Waals surface area contributed by atoms with Crippen molar-refractivity contribution in [3.63, 3.8) is 0 Å². The van der Waals surface area contributed by atoms with Crippen LogP contribution in [0.15, 0.2) is 12.1 Å². The molecule has 1 atom stereocenters. The zero-order valence-electron chi connectivity index (χ0n) is 16.4. The molecular weight excluding hydrogens is 346 g/mol. The van der Waals surface area contributed by atoms with Gasteiger partial charge in [-0.3, -0.25) is 14.5 Å². The summed E-state index contributed by atoms with van der Waals surface area (Å²) in [6.07, 6.45) is 0.208. The number of methoxy groups -OCH3 is 1. The van der Waals surface area contributed by atoms with Crippen molar-refractivity contribution in [2.75, 3.05) is 46.5 Å². The molecule has 0 radical (unpaired) electrons. The second-order valence-corrected chi connectivity index (χ2v) is 7.15. The molecular formula is C20H29N3O4. The number of carbonyl (C=O) groups excluding carboxylic acids is 2. The van der Waals surface area contributed by atoms with Gasteiger partial charge in [-0.25, -0.2) is 0 Å². The fourth-order valence-corrected chi connectivity index (χ4v) is 3.74. The first-order valence-electron chi connectivity index (χ1n) is 9.51. The van der Waals surface area contributed by atoms with E-state index in [0.29, 0.717) is 39.4 Å². The van der Waals surface area contributed by atoms with Crippen LogP contribution >= 0.6 is 0 Å². The minimum absolute atomic E-state index is 0.0213. The summed E-state index contributed by atoms with van der Waals surface area (Å²) in [7, 11) is 1.67. The van der Waals surface area contributed by atoms with Gasteiger partial charge in [-0.15, -0.1) is 0 Å². The monoisotopic (exact) mass is 375 g/mol. The summed E-state index contributed by atoms with van der Waals surface area (Å²) < 4.78 is 10.7. The van der Waals surface area contributed by atoms with Crippen LogP contribution in [0.4, 0.5) is 0 Å². The van der Waals surface area contributed by atoms with E-state index in [0.717, 1.165) is 23.4 Å². The topological polar surface area (TPSA) is 71.1 Å². The van der Waals surface area contributed by atoms with Crippen LogP contribution in [0.5, 0.6) is 5.75 Å². The van der Waals surface area contributed by atoms with E-state index in [1.165, 1.54) is 5.56 Å². The highest BCUT2D eigenvalue weighted by atomic mass is 16.5. The van der Waals surface area contributed by atoms with Crippen molar-refractivity contribution in [2.24, 2.45) is 0 Å². The van der Waals surface area contributed by atoms with E-state index in [4.69, 9.17) is 9.47 Å². The van der Waals surface area contributed by atoms with Gasteiger partial charge < -0.3 is 19.7 Å². The van der Waals surface area contributed by atoms with Crippen LogP contribution in [0, 0.1) is 13.8 Å². The molecule has 1 unspecified atom stereocenters. The van der Waals surface area contributed by atoms with Crippen molar-refractivity contribution in [2.45, 2.75) is 32.9 Å². The summed E-state index contributed by atoms with van der Waals surface area (Å²) >= 11 is 0. The first kappa shape index (κ1) is 19.6. The predicted octanol–water partition coefficient (Wildman–Crippen LogP) is 0.861. The fourth-order valence-electron chi connectivity index (χ4n) is 3.74. The molecule has 148 valence electrons. The summed E-state index contributed by atoms with van der Waals surface area (Å²) in [5.74, 6) is 0.824. The van der Waals surface area contributed by atoms with Gasteiger partial charge in [0.1, 0.15) is 5.75 Å². The third kappa shape index (κ3) is 4.42. The number of benzene rings is 1. The lowest BCUT2D eigenvalue weighted by molar-refractivity contribution is -0.141. The summed E-state index contributed by atoms with van der Waals surface area (Å²) in [6.45, 7) is 8.43. The quantitative estimate of drug-likeness (QED) is 0.827. The highest BCUT2D eigenvalue weighted by Crippen LogP contribution is 2.26. The third-order valence-corrected chi connectivity index (χ3v) is 5.62. The van der Waals surface area contributed by atoms with Crippen molar-refractivity contribution < 1.29 is 19.1 Å². The number of hydrogen-bond donors (Lipinski definition) is 1. The first-order chi connectivity index (χ1) is 13.0. The number of morpholine rings is 1. The van der Waals surface area contributed by atoms with E-state index in [-0.39, 0.29) is 18.2 Å². The maximum absolute atomic E-state index is 12.7. The molecule has 2 aliphatic heterocycles. The normalized spacial score (nSPS) is 21.1. The second-order valence-electron chi connectivity index (χ2n) is 7.15. The Morgan fingerprint density at radius 1 is 1.22 bits per heavy atom. The SMILES string of the molecule is COc1ccc(CN2CCNC(=O)C2CC(=O)N2CCOCC2)c(C)c1C. The van der Waals surface area contributed by atoms with E-state index >= 15 is 0 Å². The summed E-state index contributed by atoms with van der Waals surface area (Å²) in [6, 6.07) is 3.58. The minimum atomic E-state index is -0.434. The molecule has 1 N–H and O–H groups in total. The van der Waals surface area contributed by atoms with Gasteiger partial charge in [0.2, 0.25) is 11.8 Å². The lowest BCUT2D eigenvalue weighted by Crippen LogP contribution is -2.56. The molecule has 2 aliphatic rings. The van der Waals surface area contributed by atoms with E-state index in [1.54, 1.807) is 12.0 Å². The van der Waals surface area contributed by atoms with Crippen molar-refractivity contribution in [3.8, 4) is 5.75 Å². The Hall–Kier alpha value is -2.12. The lowest BCUT2D eigenvalue weighted by atomic mass is 10.00. The highest BCUT2D eigenvalue weighted by Gasteiger charge is 2.33. The minimum Gasteiger partial charge on any atom is -0.496 e. The van der Waals surface area contributed by atoms with Gasteiger partial charge in [0.05, 0.1) is 32.8 Å². The van der Waals surface area contributed by atoms with Crippen LogP contribution in [-0.4, -0.2) is 74.2 Å². The van der Waals surface area contributed by atoms with Crippen LogP contribution in [0.25, 0.3) is 0 Å². The third-order valence-electron chi connectivity index (χ3n) is 5.62. The molecule has 7 nitrogen and oxygen atoms in total. The van der Waals surface area contributed by atoms with E-state index in [9.17, 15) is 9.59 Å². The van der Waals surface area contributed by atoms with Gasteiger partial charge in [0.25, 0.3) is 0 Å². The second kappa shape index (κ2) is 8.71. The Kier molecular flexibility index (Phi) is 6.34. The average Bonchev–Trinajstić information content (AvgIpc) is 2.69. The number of nitrogens with one attached hydrogen (secondary N) is 1. The molecule has 2 amide bonds. The van der Waals surface area contributed by atoms with Crippen molar-refractivity contribution in [1.29, 1.82) is 0 Å². The average molecular weight is 375 g/mol. The van der Waals surface area contributed by atoms with Crippen LogP contribution in [0.2, 0.25) is 0 Å². The van der Waals surface area contributed by atoms with Crippen molar-refractivity contribution in [1.82, 2.24) is 15.1 Å². The molecule has 0 spiro atoms. The molecule has 2 saturated heterocycles. The molecule has 2 heterocycles. The number of rotatable bonds is 5. The maximum Gasteiger partial charge on any atom is 0.237 e. The molecule has 7 heteroatoms. The van der Waals surface area contributed by atoms with E-state index < -0.39 is 6.04 Å². The first-order valence-corrected chi connectivity index (χ1v) is 9.51. The van der Waals surface area contributed by atoms with Crippen LogP contribution in [-0.2, 0) is 20.9 Å². The number of piperazine rings is 1. The molecule has 0 aromatic heterocycles. The van der Waals surface area contributed by atoms with Gasteiger partial charge >= 0.3 is 0 Å². The summed E-state index contributed by atoms with van der Waals surface area (Å²) in [5.41, 5.74) is 3.43. The van der Waals surface area contributed by atoms with Crippen molar-refractivity contribution in [3.05, 3.63) is 28.8 Å². The predicted molar refractivity (Wildman–Crippen MR) is 102 cm³/mol. The van der Waals surface area contributed by atoms with E-state index in [2.05, 4.69) is 23.2 Å². The Morgan fingerprint density at radius 3 is 2.67 bits per heavy atom. The zero-order valence-corrected chi connectivity index (χ0v) is 16.4. The maximum atomic E-state index is 12.7. The zero-order chi connectivity index (χ0) is 19.4. The van der Waals surface area contributed by atoms with Gasteiger partial charge in [0, 0.05) is 32.7 Å². The van der Waals surface area contributed by atoms with Crippen LogP contribution in [0.1, 0.15) is 23.1 Å². The molecule has 1 aromatic carbocycles. The summed E-state index contributed by atoms with van der Waals surface area (Å²) in [5, 5.41) is 2.90. The molecule has 1 aromatic rings. The molecule has 27 heavy (non-hydrogen) atoms. The van der Waals surface area contributed by atoms with Crippen molar-refractivity contribution >= 4 is 11.8 Å². The van der Waals surface area contributed by atoms with Gasteiger partial charge in [-0.2, -0.15) is 0 Å². The van der Waals surface area contributed by atoms with Gasteiger partial charge in [0.15, 0.2) is 0 Å². The van der Waals surface area contributed by atoms with Crippen LogP contribution in [0.3, 0.4) is 0 Å². The molecule has 2 fully saturated rings. The number of carbonyl (C=O) groups is 2. The number of ether oxygens (including phenoxy) is 2.